The Hall–Kier alpha value is -4.43. The van der Waals surface area contributed by atoms with Gasteiger partial charge in [0.15, 0.2) is 11.0 Å². The Kier molecular flexibility index (Phi) is 7.57. The minimum atomic E-state index is -0.127. The largest absolute Gasteiger partial charge is 0.494 e. The van der Waals surface area contributed by atoms with Crippen molar-refractivity contribution in [3.05, 3.63) is 103 Å². The van der Waals surface area contributed by atoms with Crippen molar-refractivity contribution < 1.29 is 9.53 Å². The Labute approximate surface area is 219 Å². The molecule has 0 fully saturated rings. The maximum atomic E-state index is 13.0. The average Bonchev–Trinajstić information content (AvgIpc) is 3.38. The summed E-state index contributed by atoms with van der Waals surface area (Å²) in [6.45, 7) is 2.54. The Balaban J connectivity index is 1.38. The number of carbonyl (C=O) groups excluding carboxylic acids is 1. The predicted octanol–water partition coefficient (Wildman–Crippen LogP) is 6.13. The normalized spacial score (nSPS) is 10.7. The smallest absolute Gasteiger partial charge is 0.234 e. The number of aromatic nitrogens is 4. The SMILES string of the molecule is CCOc1ccc(-n2c(SCC(=O)Nc3ccccc3-c3ccccc3)nnc2-c2cccnc2)cc1. The van der Waals surface area contributed by atoms with E-state index in [9.17, 15) is 4.79 Å². The summed E-state index contributed by atoms with van der Waals surface area (Å²) in [4.78, 5) is 17.2. The second kappa shape index (κ2) is 11.5. The monoisotopic (exact) mass is 507 g/mol. The Morgan fingerprint density at radius 1 is 0.892 bits per heavy atom. The maximum absolute atomic E-state index is 13.0. The predicted molar refractivity (Wildman–Crippen MR) is 147 cm³/mol. The van der Waals surface area contributed by atoms with Crippen molar-refractivity contribution in [3.8, 4) is 34.0 Å². The Morgan fingerprint density at radius 3 is 2.41 bits per heavy atom. The average molecular weight is 508 g/mol. The van der Waals surface area contributed by atoms with E-state index in [1.807, 2.05) is 102 Å². The number of benzene rings is 3. The highest BCUT2D eigenvalue weighted by molar-refractivity contribution is 7.99. The van der Waals surface area contributed by atoms with E-state index in [1.165, 1.54) is 11.8 Å². The van der Waals surface area contributed by atoms with Crippen LogP contribution in [0.2, 0.25) is 0 Å². The molecular weight excluding hydrogens is 482 g/mol. The second-order valence-electron chi connectivity index (χ2n) is 8.06. The molecule has 0 aliphatic carbocycles. The highest BCUT2D eigenvalue weighted by Gasteiger charge is 2.18. The molecule has 2 aromatic heterocycles. The fourth-order valence-corrected chi connectivity index (χ4v) is 4.67. The molecule has 2 heterocycles. The lowest BCUT2D eigenvalue weighted by Gasteiger charge is -2.13. The van der Waals surface area contributed by atoms with E-state index in [0.717, 1.165) is 33.8 Å². The van der Waals surface area contributed by atoms with Crippen molar-refractivity contribution in [2.24, 2.45) is 0 Å². The zero-order chi connectivity index (χ0) is 25.5. The van der Waals surface area contributed by atoms with Crippen molar-refractivity contribution in [1.82, 2.24) is 19.7 Å². The van der Waals surface area contributed by atoms with Gasteiger partial charge in [-0.25, -0.2) is 0 Å². The first-order valence-corrected chi connectivity index (χ1v) is 12.9. The zero-order valence-electron chi connectivity index (χ0n) is 20.2. The van der Waals surface area contributed by atoms with E-state index in [0.29, 0.717) is 17.6 Å². The summed E-state index contributed by atoms with van der Waals surface area (Å²) in [6.07, 6.45) is 3.46. The van der Waals surface area contributed by atoms with Gasteiger partial charge in [-0.2, -0.15) is 0 Å². The topological polar surface area (TPSA) is 81.9 Å². The Bertz CT molecular complexity index is 1470. The molecule has 0 unspecified atom stereocenters. The second-order valence-corrected chi connectivity index (χ2v) is 9.00. The lowest BCUT2D eigenvalue weighted by Crippen LogP contribution is -2.15. The van der Waals surface area contributed by atoms with Gasteiger partial charge < -0.3 is 10.1 Å². The van der Waals surface area contributed by atoms with E-state index in [1.54, 1.807) is 12.4 Å². The van der Waals surface area contributed by atoms with Gasteiger partial charge in [-0.1, -0.05) is 60.3 Å². The first-order valence-electron chi connectivity index (χ1n) is 11.9. The molecular formula is C29H25N5O2S. The van der Waals surface area contributed by atoms with Crippen LogP contribution < -0.4 is 10.1 Å². The van der Waals surface area contributed by atoms with Crippen LogP contribution in [0.5, 0.6) is 5.75 Å². The fraction of sp³-hybridized carbons (Fsp3) is 0.103. The van der Waals surface area contributed by atoms with Crippen molar-refractivity contribution in [3.63, 3.8) is 0 Å². The van der Waals surface area contributed by atoms with Crippen LogP contribution in [0.3, 0.4) is 0 Å². The number of anilines is 1. The van der Waals surface area contributed by atoms with Gasteiger partial charge in [-0.05, 0) is 55.0 Å². The third kappa shape index (κ3) is 5.70. The van der Waals surface area contributed by atoms with Crippen molar-refractivity contribution in [2.45, 2.75) is 12.1 Å². The molecule has 0 atom stereocenters. The van der Waals surface area contributed by atoms with Crippen molar-refractivity contribution >= 4 is 23.4 Å². The molecule has 1 amide bonds. The molecule has 0 aliphatic heterocycles. The van der Waals surface area contributed by atoms with Crippen LogP contribution >= 0.6 is 11.8 Å². The maximum Gasteiger partial charge on any atom is 0.234 e. The summed E-state index contributed by atoms with van der Waals surface area (Å²) in [5, 5.41) is 12.5. The number of ether oxygens (including phenoxy) is 1. The quantitative estimate of drug-likeness (QED) is 0.242. The number of hydrogen-bond donors (Lipinski definition) is 1. The van der Waals surface area contributed by atoms with Crippen LogP contribution in [0.25, 0.3) is 28.2 Å². The number of para-hydroxylation sites is 1. The molecule has 184 valence electrons. The van der Waals surface area contributed by atoms with Crippen molar-refractivity contribution in [1.29, 1.82) is 0 Å². The first-order chi connectivity index (χ1) is 18.2. The van der Waals surface area contributed by atoms with E-state index >= 15 is 0 Å². The van der Waals surface area contributed by atoms with Crippen LogP contribution in [0, 0.1) is 0 Å². The van der Waals surface area contributed by atoms with Gasteiger partial charge in [0.05, 0.1) is 12.4 Å². The molecule has 0 aliphatic rings. The number of thioether (sulfide) groups is 1. The van der Waals surface area contributed by atoms with Gasteiger partial charge in [-0.3, -0.25) is 14.3 Å². The highest BCUT2D eigenvalue weighted by Crippen LogP contribution is 2.30. The summed E-state index contributed by atoms with van der Waals surface area (Å²) in [5.41, 5.74) is 4.48. The van der Waals surface area contributed by atoms with Gasteiger partial charge in [0, 0.05) is 34.9 Å². The number of rotatable bonds is 9. The molecule has 5 aromatic rings. The lowest BCUT2D eigenvalue weighted by atomic mass is 10.0. The number of nitrogens with zero attached hydrogens (tertiary/aromatic N) is 4. The molecule has 0 bridgehead atoms. The summed E-state index contributed by atoms with van der Waals surface area (Å²) >= 11 is 1.33. The molecule has 0 saturated carbocycles. The first kappa shape index (κ1) is 24.3. The molecule has 0 spiro atoms. The van der Waals surface area contributed by atoms with Gasteiger partial charge in [0.25, 0.3) is 0 Å². The molecule has 0 saturated heterocycles. The van der Waals surface area contributed by atoms with E-state index < -0.39 is 0 Å². The van der Waals surface area contributed by atoms with Gasteiger partial charge in [0.2, 0.25) is 5.91 Å². The molecule has 3 aromatic carbocycles. The van der Waals surface area contributed by atoms with Gasteiger partial charge in [0.1, 0.15) is 5.75 Å². The van der Waals surface area contributed by atoms with Gasteiger partial charge in [-0.15, -0.1) is 10.2 Å². The zero-order valence-corrected chi connectivity index (χ0v) is 21.1. The van der Waals surface area contributed by atoms with Crippen LogP contribution in [-0.2, 0) is 4.79 Å². The van der Waals surface area contributed by atoms with E-state index in [2.05, 4.69) is 20.5 Å². The standard InChI is InChI=1S/C29H25N5O2S/c1-2-36-24-16-14-23(15-17-24)34-28(22-11-8-18-30-19-22)32-33-29(34)37-20-27(35)31-26-13-7-6-12-25(26)21-9-4-3-5-10-21/h3-19H,2,20H2,1H3,(H,31,35). The minimum absolute atomic E-state index is 0.127. The molecule has 7 nitrogen and oxygen atoms in total. The summed E-state index contributed by atoms with van der Waals surface area (Å²) in [7, 11) is 0. The number of nitrogens with one attached hydrogen (secondary N) is 1. The fourth-order valence-electron chi connectivity index (χ4n) is 3.91. The molecule has 37 heavy (non-hydrogen) atoms. The third-order valence-electron chi connectivity index (χ3n) is 5.58. The number of amides is 1. The van der Waals surface area contributed by atoms with Crippen molar-refractivity contribution in [2.75, 3.05) is 17.7 Å². The summed E-state index contributed by atoms with van der Waals surface area (Å²) in [6, 6.07) is 29.3. The highest BCUT2D eigenvalue weighted by atomic mass is 32.2. The Morgan fingerprint density at radius 2 is 1.65 bits per heavy atom. The molecule has 5 rings (SSSR count). The van der Waals surface area contributed by atoms with Crippen LogP contribution in [0.4, 0.5) is 5.69 Å². The van der Waals surface area contributed by atoms with Crippen LogP contribution in [-0.4, -0.2) is 38.0 Å². The molecule has 0 radical (unpaired) electrons. The number of carbonyl (C=O) groups is 1. The molecule has 8 heteroatoms. The summed E-state index contributed by atoms with van der Waals surface area (Å²) in [5.74, 6) is 1.48. The molecule has 1 N–H and O–H groups in total. The number of pyridine rings is 1. The van der Waals surface area contributed by atoms with Gasteiger partial charge >= 0.3 is 0 Å². The minimum Gasteiger partial charge on any atom is -0.494 e. The van der Waals surface area contributed by atoms with Crippen LogP contribution in [0.15, 0.2) is 109 Å². The lowest BCUT2D eigenvalue weighted by molar-refractivity contribution is -0.113. The third-order valence-corrected chi connectivity index (χ3v) is 6.51. The summed E-state index contributed by atoms with van der Waals surface area (Å²) < 4.78 is 7.52. The van der Waals surface area contributed by atoms with E-state index in [4.69, 9.17) is 4.74 Å². The number of hydrogen-bond acceptors (Lipinski definition) is 6. The van der Waals surface area contributed by atoms with Crippen LogP contribution in [0.1, 0.15) is 6.92 Å². The van der Waals surface area contributed by atoms with E-state index in [-0.39, 0.29) is 11.7 Å².